The van der Waals surface area contributed by atoms with Gasteiger partial charge in [-0.1, -0.05) is 266 Å². The van der Waals surface area contributed by atoms with Crippen molar-refractivity contribution in [2.24, 2.45) is 0 Å². The van der Waals surface area contributed by atoms with E-state index in [4.69, 9.17) is 14.2 Å². The number of carbonyl (C=O) groups is 3. The van der Waals surface area contributed by atoms with Gasteiger partial charge in [0.2, 0.25) is 0 Å². The van der Waals surface area contributed by atoms with Gasteiger partial charge in [0.1, 0.15) is 13.2 Å². The molecular weight excluding hydrogens is 937 g/mol. The first kappa shape index (κ1) is 72.3. The molecule has 0 N–H and O–H groups in total. The van der Waals surface area contributed by atoms with Gasteiger partial charge in [-0.2, -0.15) is 0 Å². The Morgan fingerprint density at radius 3 is 0.816 bits per heavy atom. The number of allylic oxidation sites excluding steroid dienone is 16. The normalized spacial score (nSPS) is 12.7. The van der Waals surface area contributed by atoms with Crippen molar-refractivity contribution in [1.29, 1.82) is 0 Å². The van der Waals surface area contributed by atoms with Crippen molar-refractivity contribution in [3.8, 4) is 0 Å². The highest BCUT2D eigenvalue weighted by molar-refractivity contribution is 5.71. The zero-order chi connectivity index (χ0) is 55.0. The molecule has 0 aliphatic carbocycles. The Balaban J connectivity index is 4.37. The fraction of sp³-hybridized carbons (Fsp3) is 0.729. The van der Waals surface area contributed by atoms with Gasteiger partial charge in [-0.15, -0.1) is 0 Å². The number of hydrogen-bond donors (Lipinski definition) is 0. The Kier molecular flexibility index (Phi) is 60.8. The fourth-order valence-electron chi connectivity index (χ4n) is 8.97. The smallest absolute Gasteiger partial charge is 0.306 e. The monoisotopic (exact) mass is 1060 g/mol. The summed E-state index contributed by atoms with van der Waals surface area (Å²) in [5, 5.41) is 0. The molecule has 1 unspecified atom stereocenters. The summed E-state index contributed by atoms with van der Waals surface area (Å²) in [4.78, 5) is 38.3. The van der Waals surface area contributed by atoms with Crippen molar-refractivity contribution in [3.63, 3.8) is 0 Å². The van der Waals surface area contributed by atoms with Crippen LogP contribution in [0.3, 0.4) is 0 Å². The molecule has 0 fully saturated rings. The van der Waals surface area contributed by atoms with Crippen molar-refractivity contribution in [2.45, 2.75) is 316 Å². The Bertz CT molecular complexity index is 1490. The highest BCUT2D eigenvalue weighted by Gasteiger charge is 2.19. The van der Waals surface area contributed by atoms with E-state index >= 15 is 0 Å². The quantitative estimate of drug-likeness (QED) is 0.0261. The van der Waals surface area contributed by atoms with Gasteiger partial charge in [0.05, 0.1) is 0 Å². The maximum Gasteiger partial charge on any atom is 0.306 e. The van der Waals surface area contributed by atoms with E-state index in [1.54, 1.807) is 0 Å². The van der Waals surface area contributed by atoms with Crippen molar-refractivity contribution in [2.75, 3.05) is 13.2 Å². The first-order chi connectivity index (χ1) is 37.5. The molecule has 0 heterocycles. The highest BCUT2D eigenvalue weighted by atomic mass is 16.6. The van der Waals surface area contributed by atoms with Crippen LogP contribution in [0, 0.1) is 0 Å². The number of unbranched alkanes of at least 4 members (excludes halogenated alkanes) is 31. The lowest BCUT2D eigenvalue weighted by molar-refractivity contribution is -0.167. The molecule has 0 saturated heterocycles. The van der Waals surface area contributed by atoms with E-state index < -0.39 is 6.10 Å². The Labute approximate surface area is 470 Å². The molecule has 76 heavy (non-hydrogen) atoms. The van der Waals surface area contributed by atoms with Crippen LogP contribution < -0.4 is 0 Å². The summed E-state index contributed by atoms with van der Waals surface area (Å²) in [6.45, 7) is 6.50. The van der Waals surface area contributed by atoms with Gasteiger partial charge in [0, 0.05) is 19.3 Å². The summed E-state index contributed by atoms with van der Waals surface area (Å²) in [6, 6.07) is 0. The highest BCUT2D eigenvalue weighted by Crippen LogP contribution is 2.16. The molecule has 0 aliphatic heterocycles. The molecule has 6 heteroatoms. The van der Waals surface area contributed by atoms with Crippen molar-refractivity contribution < 1.29 is 28.6 Å². The lowest BCUT2D eigenvalue weighted by Crippen LogP contribution is -2.30. The van der Waals surface area contributed by atoms with Crippen LogP contribution in [0.15, 0.2) is 97.2 Å². The van der Waals surface area contributed by atoms with Gasteiger partial charge in [-0.25, -0.2) is 0 Å². The van der Waals surface area contributed by atoms with Crippen LogP contribution in [0.25, 0.3) is 0 Å². The minimum atomic E-state index is -0.793. The molecule has 1 atom stereocenters. The second kappa shape index (κ2) is 63.9. The topological polar surface area (TPSA) is 78.9 Å². The van der Waals surface area contributed by atoms with E-state index in [0.717, 1.165) is 122 Å². The van der Waals surface area contributed by atoms with Crippen LogP contribution in [-0.4, -0.2) is 37.2 Å². The third-order valence-corrected chi connectivity index (χ3v) is 13.8. The number of carbonyl (C=O) groups excluding carboxylic acids is 3. The number of hydrogen-bond acceptors (Lipinski definition) is 6. The first-order valence-electron chi connectivity index (χ1n) is 32.2. The number of ether oxygens (including phenoxy) is 3. The third-order valence-electron chi connectivity index (χ3n) is 13.8. The molecule has 0 aromatic heterocycles. The summed E-state index contributed by atoms with van der Waals surface area (Å²) in [6.07, 6.45) is 85.5. The molecule has 0 saturated carbocycles. The van der Waals surface area contributed by atoms with Crippen LogP contribution in [0.2, 0.25) is 0 Å². The second-order valence-corrected chi connectivity index (χ2v) is 21.3. The van der Waals surface area contributed by atoms with E-state index in [0.29, 0.717) is 19.3 Å². The van der Waals surface area contributed by atoms with Crippen LogP contribution in [0.4, 0.5) is 0 Å². The average molecular weight is 1060 g/mol. The third kappa shape index (κ3) is 61.2. The van der Waals surface area contributed by atoms with Gasteiger partial charge in [-0.05, 0) is 122 Å². The first-order valence-corrected chi connectivity index (χ1v) is 32.2. The van der Waals surface area contributed by atoms with E-state index in [9.17, 15) is 14.4 Å². The maximum absolute atomic E-state index is 12.9. The largest absolute Gasteiger partial charge is 0.462 e. The van der Waals surface area contributed by atoms with Gasteiger partial charge >= 0.3 is 17.9 Å². The molecule has 0 spiro atoms. The fourth-order valence-corrected chi connectivity index (χ4v) is 8.97. The summed E-state index contributed by atoms with van der Waals surface area (Å²) in [5.74, 6) is -0.908. The van der Waals surface area contributed by atoms with Crippen LogP contribution in [-0.2, 0) is 28.6 Å². The minimum absolute atomic E-state index is 0.0883. The van der Waals surface area contributed by atoms with Crippen LogP contribution in [0.5, 0.6) is 0 Å². The Morgan fingerprint density at radius 1 is 0.276 bits per heavy atom. The molecule has 0 amide bonds. The molecule has 0 aromatic carbocycles. The predicted octanol–water partition coefficient (Wildman–Crippen LogP) is 22.0. The molecule has 0 bridgehead atoms. The zero-order valence-corrected chi connectivity index (χ0v) is 50.0. The SMILES string of the molecule is CC/C=C\C/C=C\C/C=C\CCCCCCCC(=O)OCC(COC(=O)CCCCCCCCCCCC/C=C\C/C=C\C/C=C\CCCCCCC)OC(=O)CCCCCCCCC/C=C\C/C=C\CCCCCC. The summed E-state index contributed by atoms with van der Waals surface area (Å²) in [5.41, 5.74) is 0. The Morgan fingerprint density at radius 2 is 0.513 bits per heavy atom. The van der Waals surface area contributed by atoms with Crippen molar-refractivity contribution >= 4 is 17.9 Å². The van der Waals surface area contributed by atoms with E-state index in [2.05, 4.69) is 118 Å². The van der Waals surface area contributed by atoms with Crippen LogP contribution in [0.1, 0.15) is 310 Å². The van der Waals surface area contributed by atoms with Gasteiger partial charge in [-0.3, -0.25) is 14.4 Å². The standard InChI is InChI=1S/C70H120O6/c1-4-7-10-13-16-19-22-25-28-30-32-33-34-35-36-37-38-40-42-45-48-51-54-57-60-63-69(72)75-66-67(65-74-68(71)62-59-56-53-50-47-44-41-27-24-21-18-15-12-9-6-3)76-70(73)64-61-58-55-52-49-46-43-39-31-29-26-23-20-17-14-11-8-5-2/h9,12,18,20-23,25,27,29-32,34-35,41,67H,4-8,10-11,13-17,19,24,26,28,33,36-40,42-66H2,1-3H3/b12-9-,21-18-,23-20-,25-22-,31-29-,32-30-,35-34-,41-27-. The summed E-state index contributed by atoms with van der Waals surface area (Å²) < 4.78 is 16.9. The maximum atomic E-state index is 12.9. The lowest BCUT2D eigenvalue weighted by atomic mass is 10.1. The molecule has 0 aliphatic rings. The van der Waals surface area contributed by atoms with E-state index in [-0.39, 0.29) is 31.1 Å². The second-order valence-electron chi connectivity index (χ2n) is 21.3. The summed E-state index contributed by atoms with van der Waals surface area (Å²) >= 11 is 0. The number of rotatable bonds is 58. The predicted molar refractivity (Wildman–Crippen MR) is 330 cm³/mol. The molecular formula is C70H120O6. The molecule has 6 nitrogen and oxygen atoms in total. The van der Waals surface area contributed by atoms with Gasteiger partial charge < -0.3 is 14.2 Å². The molecule has 0 rings (SSSR count). The molecule has 0 aromatic rings. The summed E-state index contributed by atoms with van der Waals surface area (Å²) in [7, 11) is 0. The molecule has 0 radical (unpaired) electrons. The van der Waals surface area contributed by atoms with Crippen LogP contribution >= 0.6 is 0 Å². The minimum Gasteiger partial charge on any atom is -0.462 e. The van der Waals surface area contributed by atoms with E-state index in [1.807, 2.05) is 0 Å². The van der Waals surface area contributed by atoms with Crippen molar-refractivity contribution in [1.82, 2.24) is 0 Å². The van der Waals surface area contributed by atoms with Gasteiger partial charge in [0.15, 0.2) is 6.10 Å². The zero-order valence-electron chi connectivity index (χ0n) is 50.0. The lowest BCUT2D eigenvalue weighted by Gasteiger charge is -2.18. The van der Waals surface area contributed by atoms with Gasteiger partial charge in [0.25, 0.3) is 0 Å². The molecule has 436 valence electrons. The average Bonchev–Trinajstić information content (AvgIpc) is 3.42. The number of esters is 3. The van der Waals surface area contributed by atoms with Crippen molar-refractivity contribution in [3.05, 3.63) is 97.2 Å². The Hall–Kier alpha value is -3.67. The van der Waals surface area contributed by atoms with E-state index in [1.165, 1.54) is 148 Å².